The predicted octanol–water partition coefficient (Wildman–Crippen LogP) is -1.22. The van der Waals surface area contributed by atoms with E-state index in [1.54, 1.807) is 27.7 Å². The summed E-state index contributed by atoms with van der Waals surface area (Å²) in [6, 6.07) is 0. The number of aryl methyl sites for hydroxylation is 4. The number of nitrogens with zero attached hydrogens (tertiary/aromatic N) is 2. The third-order valence-corrected chi connectivity index (χ3v) is 2.64. The molecule has 9 heteroatoms. The summed E-state index contributed by atoms with van der Waals surface area (Å²) in [4.78, 5) is 32.8. The van der Waals surface area contributed by atoms with Gasteiger partial charge in [-0.15, -0.1) is 0 Å². The SMILES string of the molecule is Cc1nc(C(=O)[O-])[nH]c1C.Cc1nc(C(=O)[O-])[nH]c1C.[Co+2]. The van der Waals surface area contributed by atoms with Gasteiger partial charge < -0.3 is 29.8 Å². The largest absolute Gasteiger partial charge is 2.00 e. The van der Waals surface area contributed by atoms with Crippen molar-refractivity contribution in [2.45, 2.75) is 27.7 Å². The Hall–Kier alpha value is -2.13. The molecule has 0 saturated heterocycles. The first-order chi connectivity index (χ1) is 9.22. The Kier molecular flexibility index (Phi) is 6.82. The maximum Gasteiger partial charge on any atom is 2.00 e. The molecule has 0 aliphatic heterocycles. The van der Waals surface area contributed by atoms with Gasteiger partial charge in [0.2, 0.25) is 0 Å². The van der Waals surface area contributed by atoms with Gasteiger partial charge >= 0.3 is 16.8 Å². The van der Waals surface area contributed by atoms with E-state index in [0.29, 0.717) is 11.4 Å². The maximum absolute atomic E-state index is 10.2. The van der Waals surface area contributed by atoms with Gasteiger partial charge in [0.15, 0.2) is 11.6 Å². The van der Waals surface area contributed by atoms with Gasteiger partial charge in [0.05, 0.1) is 11.4 Å². The van der Waals surface area contributed by atoms with Crippen LogP contribution in [-0.4, -0.2) is 31.9 Å². The van der Waals surface area contributed by atoms with Crippen LogP contribution in [0.5, 0.6) is 0 Å². The third kappa shape index (κ3) is 5.04. The number of aromatic amines is 2. The molecule has 0 aromatic carbocycles. The van der Waals surface area contributed by atoms with E-state index in [1.165, 1.54) is 0 Å². The van der Waals surface area contributed by atoms with E-state index in [1.807, 2.05) is 0 Å². The second kappa shape index (κ2) is 7.60. The molecule has 0 saturated carbocycles. The van der Waals surface area contributed by atoms with Gasteiger partial charge in [-0.1, -0.05) is 0 Å². The average molecular weight is 337 g/mol. The molecular weight excluding hydrogens is 323 g/mol. The molecule has 0 aliphatic carbocycles. The molecule has 0 aliphatic rings. The Morgan fingerprint density at radius 1 is 0.810 bits per heavy atom. The standard InChI is InChI=1S/2C6H8N2O2.Co/c2*1-3-4(2)8-5(7-3)6(9)10;/h2*1-2H3,(H,7,8)(H,9,10);/q;;+2/p-2. The van der Waals surface area contributed by atoms with Crippen molar-refractivity contribution in [2.24, 2.45) is 0 Å². The molecule has 0 unspecified atom stereocenters. The number of imidazole rings is 2. The van der Waals surface area contributed by atoms with Gasteiger partial charge in [0, 0.05) is 11.4 Å². The van der Waals surface area contributed by atoms with Gasteiger partial charge in [-0.25, -0.2) is 9.97 Å². The summed E-state index contributed by atoms with van der Waals surface area (Å²) in [6.07, 6.45) is 0. The Morgan fingerprint density at radius 2 is 1.10 bits per heavy atom. The zero-order valence-electron chi connectivity index (χ0n) is 11.9. The zero-order chi connectivity index (χ0) is 15.4. The molecule has 2 N–H and O–H groups in total. The number of rotatable bonds is 2. The van der Waals surface area contributed by atoms with Crippen molar-refractivity contribution >= 4 is 11.9 Å². The number of carboxylic acid groups (broad SMARTS) is 2. The molecule has 0 bridgehead atoms. The number of carboxylic acids is 2. The molecule has 0 fully saturated rings. The summed E-state index contributed by atoms with van der Waals surface area (Å²) >= 11 is 0. The van der Waals surface area contributed by atoms with Gasteiger partial charge in [0.1, 0.15) is 11.9 Å². The van der Waals surface area contributed by atoms with Crippen molar-refractivity contribution in [1.29, 1.82) is 0 Å². The smallest absolute Gasteiger partial charge is 0.542 e. The van der Waals surface area contributed by atoms with E-state index in [2.05, 4.69) is 19.9 Å². The van der Waals surface area contributed by atoms with Crippen LogP contribution in [0, 0.1) is 27.7 Å². The van der Waals surface area contributed by atoms with Crippen LogP contribution in [0.3, 0.4) is 0 Å². The van der Waals surface area contributed by atoms with E-state index in [-0.39, 0.29) is 28.4 Å². The molecule has 2 rings (SSSR count). The van der Waals surface area contributed by atoms with E-state index in [9.17, 15) is 19.8 Å². The third-order valence-electron chi connectivity index (χ3n) is 2.64. The van der Waals surface area contributed by atoms with Crippen LogP contribution >= 0.6 is 0 Å². The molecule has 0 amide bonds. The Balaban J connectivity index is 0.000000364. The van der Waals surface area contributed by atoms with Crippen LogP contribution in [0.25, 0.3) is 0 Å². The monoisotopic (exact) mass is 337 g/mol. The molecule has 0 atom stereocenters. The first-order valence-corrected chi connectivity index (χ1v) is 5.71. The van der Waals surface area contributed by atoms with Crippen molar-refractivity contribution < 1.29 is 36.6 Å². The van der Waals surface area contributed by atoms with Gasteiger partial charge in [0.25, 0.3) is 0 Å². The first-order valence-electron chi connectivity index (χ1n) is 5.71. The fraction of sp³-hybridized carbons (Fsp3) is 0.333. The molecule has 8 nitrogen and oxygen atoms in total. The number of carbonyl (C=O) groups is 2. The number of aromatic nitrogens is 4. The Bertz CT molecular complexity index is 552. The van der Waals surface area contributed by atoms with Crippen LogP contribution in [0.15, 0.2) is 0 Å². The molecule has 2 aromatic heterocycles. The molecule has 2 aromatic rings. The Labute approximate surface area is 131 Å². The summed E-state index contributed by atoms with van der Waals surface area (Å²) in [6.45, 7) is 6.99. The topological polar surface area (TPSA) is 138 Å². The summed E-state index contributed by atoms with van der Waals surface area (Å²) < 4.78 is 0. The summed E-state index contributed by atoms with van der Waals surface area (Å²) in [5, 5.41) is 20.3. The average Bonchev–Trinajstić information content (AvgIpc) is 2.85. The number of aromatic carboxylic acids is 2. The molecule has 115 valence electrons. The summed E-state index contributed by atoms with van der Waals surface area (Å²) in [7, 11) is 0. The van der Waals surface area contributed by atoms with Crippen LogP contribution < -0.4 is 10.2 Å². The van der Waals surface area contributed by atoms with E-state index < -0.39 is 11.9 Å². The maximum atomic E-state index is 10.2. The van der Waals surface area contributed by atoms with Gasteiger partial charge in [-0.2, -0.15) is 0 Å². The minimum absolute atomic E-state index is 0. The van der Waals surface area contributed by atoms with Gasteiger partial charge in [-0.05, 0) is 27.7 Å². The minimum atomic E-state index is -1.27. The predicted molar refractivity (Wildman–Crippen MR) is 64.8 cm³/mol. The second-order valence-electron chi connectivity index (χ2n) is 4.17. The molecule has 21 heavy (non-hydrogen) atoms. The molecular formula is C12H14CoN4O4. The van der Waals surface area contributed by atoms with Gasteiger partial charge in [-0.3, -0.25) is 0 Å². The van der Waals surface area contributed by atoms with Crippen molar-refractivity contribution in [3.05, 3.63) is 34.4 Å². The van der Waals surface area contributed by atoms with Crippen molar-refractivity contribution in [2.75, 3.05) is 0 Å². The van der Waals surface area contributed by atoms with Crippen LogP contribution in [0.2, 0.25) is 0 Å². The minimum Gasteiger partial charge on any atom is -0.542 e. The number of nitrogens with one attached hydrogen (secondary N) is 2. The summed E-state index contributed by atoms with van der Waals surface area (Å²) in [5.74, 6) is -2.74. The van der Waals surface area contributed by atoms with E-state index in [4.69, 9.17) is 0 Å². The van der Waals surface area contributed by atoms with Crippen LogP contribution in [0.4, 0.5) is 0 Å². The normalized spacial score (nSPS) is 9.33. The van der Waals surface area contributed by atoms with Crippen LogP contribution in [0.1, 0.15) is 44.0 Å². The van der Waals surface area contributed by atoms with Crippen LogP contribution in [-0.2, 0) is 16.8 Å². The van der Waals surface area contributed by atoms with Crippen molar-refractivity contribution in [1.82, 2.24) is 19.9 Å². The van der Waals surface area contributed by atoms with Crippen molar-refractivity contribution in [3.63, 3.8) is 0 Å². The van der Waals surface area contributed by atoms with E-state index >= 15 is 0 Å². The molecule has 1 radical (unpaired) electrons. The molecule has 2 heterocycles. The van der Waals surface area contributed by atoms with E-state index in [0.717, 1.165) is 11.4 Å². The number of hydrogen-bond donors (Lipinski definition) is 2. The number of H-pyrrole nitrogens is 2. The zero-order valence-corrected chi connectivity index (χ0v) is 12.9. The fourth-order valence-corrected chi connectivity index (χ4v) is 1.29. The first kappa shape index (κ1) is 18.9. The Morgan fingerprint density at radius 3 is 1.19 bits per heavy atom. The fourth-order valence-electron chi connectivity index (χ4n) is 1.29. The number of hydrogen-bond acceptors (Lipinski definition) is 6. The molecule has 0 spiro atoms. The second-order valence-corrected chi connectivity index (χ2v) is 4.17. The van der Waals surface area contributed by atoms with Crippen molar-refractivity contribution in [3.8, 4) is 0 Å². The number of carbonyl (C=O) groups excluding carboxylic acids is 2. The summed E-state index contributed by atoms with van der Waals surface area (Å²) in [5.41, 5.74) is 2.91. The quantitative estimate of drug-likeness (QED) is 0.704.